The molecular weight excluding hydrogens is 162 g/mol. The zero-order valence-electron chi connectivity index (χ0n) is 8.96. The van der Waals surface area contributed by atoms with E-state index in [0.717, 1.165) is 24.6 Å². The van der Waals surface area contributed by atoms with Crippen molar-refractivity contribution >= 4 is 0 Å². The lowest BCUT2D eigenvalue weighted by Gasteiger charge is -2.17. The summed E-state index contributed by atoms with van der Waals surface area (Å²) in [4.78, 5) is 9.77. The molecular formula is C10H19N3. The molecule has 3 heteroatoms. The molecule has 1 rings (SSSR count). The van der Waals surface area contributed by atoms with Crippen LogP contribution >= 0.6 is 0 Å². The summed E-state index contributed by atoms with van der Waals surface area (Å²) in [5.74, 6) is 1.77. The third kappa shape index (κ3) is 3.59. The van der Waals surface area contributed by atoms with E-state index in [4.69, 9.17) is 0 Å². The average molecular weight is 181 g/mol. The zero-order chi connectivity index (χ0) is 9.84. The monoisotopic (exact) mass is 181 g/mol. The lowest BCUT2D eigenvalue weighted by molar-refractivity contribution is 0.282. The molecule has 0 fully saturated rings. The lowest BCUT2D eigenvalue weighted by atomic mass is 10.2. The number of hydrogen-bond donors (Lipinski definition) is 1. The van der Waals surface area contributed by atoms with Crippen LogP contribution < -0.4 is 0 Å². The molecule has 1 N–H and O–H groups in total. The summed E-state index contributed by atoms with van der Waals surface area (Å²) in [5, 5.41) is 0. The number of aryl methyl sites for hydroxylation is 1. The molecule has 74 valence electrons. The summed E-state index contributed by atoms with van der Waals surface area (Å²) in [6, 6.07) is 0. The maximum Gasteiger partial charge on any atom is 0.120 e. The number of hydrogen-bond acceptors (Lipinski definition) is 2. The van der Waals surface area contributed by atoms with Crippen LogP contribution in [-0.4, -0.2) is 28.5 Å². The quantitative estimate of drug-likeness (QED) is 0.768. The van der Waals surface area contributed by atoms with Crippen molar-refractivity contribution in [2.45, 2.75) is 27.3 Å². The summed E-state index contributed by atoms with van der Waals surface area (Å²) < 4.78 is 0. The van der Waals surface area contributed by atoms with Crippen molar-refractivity contribution in [2.75, 3.05) is 13.6 Å². The lowest BCUT2D eigenvalue weighted by Crippen LogP contribution is -2.23. The fraction of sp³-hybridized carbons (Fsp3) is 0.700. The maximum atomic E-state index is 4.27. The highest BCUT2D eigenvalue weighted by Crippen LogP contribution is 2.02. The third-order valence-corrected chi connectivity index (χ3v) is 1.85. The Morgan fingerprint density at radius 1 is 1.54 bits per heavy atom. The summed E-state index contributed by atoms with van der Waals surface area (Å²) in [5.41, 5.74) is 1.13. The molecule has 0 radical (unpaired) electrons. The van der Waals surface area contributed by atoms with Crippen molar-refractivity contribution in [2.24, 2.45) is 5.92 Å². The fourth-order valence-corrected chi connectivity index (χ4v) is 1.49. The van der Waals surface area contributed by atoms with Crippen LogP contribution in [0.2, 0.25) is 0 Å². The third-order valence-electron chi connectivity index (χ3n) is 1.85. The van der Waals surface area contributed by atoms with Gasteiger partial charge in [0.2, 0.25) is 0 Å². The molecule has 0 amide bonds. The van der Waals surface area contributed by atoms with E-state index in [9.17, 15) is 0 Å². The van der Waals surface area contributed by atoms with Gasteiger partial charge in [0.15, 0.2) is 0 Å². The molecule has 0 aliphatic heterocycles. The van der Waals surface area contributed by atoms with Crippen LogP contribution in [-0.2, 0) is 6.54 Å². The molecule has 0 atom stereocenters. The van der Waals surface area contributed by atoms with Gasteiger partial charge in [-0.15, -0.1) is 0 Å². The van der Waals surface area contributed by atoms with Gasteiger partial charge in [-0.1, -0.05) is 13.8 Å². The predicted octanol–water partition coefficient (Wildman–Crippen LogP) is 1.81. The molecule has 0 aliphatic carbocycles. The maximum absolute atomic E-state index is 4.27. The van der Waals surface area contributed by atoms with Gasteiger partial charge in [-0.2, -0.15) is 0 Å². The van der Waals surface area contributed by atoms with Gasteiger partial charge in [-0.25, -0.2) is 4.98 Å². The topological polar surface area (TPSA) is 31.9 Å². The fourth-order valence-electron chi connectivity index (χ4n) is 1.49. The van der Waals surface area contributed by atoms with Crippen LogP contribution in [0.15, 0.2) is 6.20 Å². The van der Waals surface area contributed by atoms with Crippen molar-refractivity contribution < 1.29 is 0 Å². The van der Waals surface area contributed by atoms with E-state index < -0.39 is 0 Å². The molecule has 1 heterocycles. The second-order valence-corrected chi connectivity index (χ2v) is 4.10. The van der Waals surface area contributed by atoms with Crippen LogP contribution in [0.4, 0.5) is 0 Å². The molecule has 3 nitrogen and oxygen atoms in total. The minimum absolute atomic E-state index is 0.709. The number of aromatic nitrogens is 2. The Kier molecular flexibility index (Phi) is 3.48. The molecule has 0 saturated carbocycles. The van der Waals surface area contributed by atoms with Crippen molar-refractivity contribution in [3.8, 4) is 0 Å². The molecule has 13 heavy (non-hydrogen) atoms. The Morgan fingerprint density at radius 3 is 2.69 bits per heavy atom. The molecule has 1 aromatic rings. The Hall–Kier alpha value is -0.830. The average Bonchev–Trinajstić information content (AvgIpc) is 2.33. The number of aromatic amines is 1. The highest BCUT2D eigenvalue weighted by atomic mass is 15.1. The van der Waals surface area contributed by atoms with Gasteiger partial charge in [-0.05, 0) is 19.9 Å². The van der Waals surface area contributed by atoms with Crippen molar-refractivity contribution in [1.29, 1.82) is 0 Å². The minimum Gasteiger partial charge on any atom is -0.345 e. The van der Waals surface area contributed by atoms with Gasteiger partial charge < -0.3 is 4.98 Å². The van der Waals surface area contributed by atoms with E-state index >= 15 is 0 Å². The first-order valence-corrected chi connectivity index (χ1v) is 4.77. The van der Waals surface area contributed by atoms with E-state index in [0.29, 0.717) is 5.92 Å². The normalized spacial score (nSPS) is 11.5. The Bertz CT molecular complexity index is 252. The standard InChI is InChI=1S/C10H19N3/c1-8(2)6-13(4)7-10-11-5-9(3)12-10/h5,8H,6-7H2,1-4H3,(H,11,12). The van der Waals surface area contributed by atoms with Crippen LogP contribution in [0.3, 0.4) is 0 Å². The SMILES string of the molecule is Cc1cnc(CN(C)CC(C)C)[nH]1. The molecule has 0 bridgehead atoms. The van der Waals surface area contributed by atoms with E-state index in [1.165, 1.54) is 0 Å². The van der Waals surface area contributed by atoms with Crippen LogP contribution in [0.1, 0.15) is 25.4 Å². The highest BCUT2D eigenvalue weighted by Gasteiger charge is 2.04. The van der Waals surface area contributed by atoms with Gasteiger partial charge in [0, 0.05) is 18.4 Å². The summed E-state index contributed by atoms with van der Waals surface area (Å²) in [6.07, 6.45) is 1.87. The van der Waals surface area contributed by atoms with E-state index in [1.54, 1.807) is 0 Å². The molecule has 0 aliphatic rings. The number of rotatable bonds is 4. The van der Waals surface area contributed by atoms with Crippen LogP contribution in [0.5, 0.6) is 0 Å². The largest absolute Gasteiger partial charge is 0.345 e. The Morgan fingerprint density at radius 2 is 2.23 bits per heavy atom. The van der Waals surface area contributed by atoms with Gasteiger partial charge in [-0.3, -0.25) is 4.90 Å². The van der Waals surface area contributed by atoms with Crippen molar-refractivity contribution in [3.05, 3.63) is 17.7 Å². The molecule has 0 unspecified atom stereocenters. The smallest absolute Gasteiger partial charge is 0.120 e. The van der Waals surface area contributed by atoms with Crippen LogP contribution in [0.25, 0.3) is 0 Å². The first-order chi connectivity index (χ1) is 6.08. The first-order valence-electron chi connectivity index (χ1n) is 4.77. The van der Waals surface area contributed by atoms with Crippen LogP contribution in [0, 0.1) is 12.8 Å². The van der Waals surface area contributed by atoms with Gasteiger partial charge in [0.25, 0.3) is 0 Å². The number of nitrogens with zero attached hydrogens (tertiary/aromatic N) is 2. The molecule has 0 aromatic carbocycles. The zero-order valence-corrected chi connectivity index (χ0v) is 8.96. The van der Waals surface area contributed by atoms with Crippen molar-refractivity contribution in [1.82, 2.24) is 14.9 Å². The van der Waals surface area contributed by atoms with E-state index in [-0.39, 0.29) is 0 Å². The molecule has 1 aromatic heterocycles. The number of H-pyrrole nitrogens is 1. The highest BCUT2D eigenvalue weighted by molar-refractivity contribution is 4.97. The minimum atomic E-state index is 0.709. The van der Waals surface area contributed by atoms with Gasteiger partial charge >= 0.3 is 0 Å². The predicted molar refractivity (Wildman–Crippen MR) is 54.5 cm³/mol. The Balaban J connectivity index is 2.40. The second-order valence-electron chi connectivity index (χ2n) is 4.10. The van der Waals surface area contributed by atoms with Gasteiger partial charge in [0.05, 0.1) is 6.54 Å². The second kappa shape index (κ2) is 4.42. The summed E-state index contributed by atoms with van der Waals surface area (Å²) in [6.45, 7) is 8.50. The van der Waals surface area contributed by atoms with E-state index in [1.807, 2.05) is 13.1 Å². The summed E-state index contributed by atoms with van der Waals surface area (Å²) in [7, 11) is 2.12. The Labute approximate surface area is 80.2 Å². The first kappa shape index (κ1) is 10.3. The van der Waals surface area contributed by atoms with Crippen molar-refractivity contribution in [3.63, 3.8) is 0 Å². The molecule has 0 saturated heterocycles. The molecule has 0 spiro atoms. The van der Waals surface area contributed by atoms with Gasteiger partial charge in [0.1, 0.15) is 5.82 Å². The summed E-state index contributed by atoms with van der Waals surface area (Å²) >= 11 is 0. The number of imidazole rings is 1. The number of nitrogens with one attached hydrogen (secondary N) is 1. The van der Waals surface area contributed by atoms with E-state index in [2.05, 4.69) is 35.8 Å².